The largest absolute Gasteiger partial charge is 0.269 e. The van der Waals surface area contributed by atoms with Crippen LogP contribution in [0.15, 0.2) is 36.4 Å². The molecule has 1 aromatic rings. The van der Waals surface area contributed by atoms with Crippen LogP contribution in [0.5, 0.6) is 0 Å². The van der Waals surface area contributed by atoms with Gasteiger partial charge in [0.15, 0.2) is 0 Å². The van der Waals surface area contributed by atoms with Crippen molar-refractivity contribution in [3.05, 3.63) is 47.5 Å². The normalized spacial score (nSPS) is 20.9. The summed E-state index contributed by atoms with van der Waals surface area (Å²) >= 11 is 0. The van der Waals surface area contributed by atoms with Crippen molar-refractivity contribution in [1.29, 1.82) is 0 Å². The molecule has 32 heavy (non-hydrogen) atoms. The molecule has 1 aliphatic heterocycles. The maximum absolute atomic E-state index is 13.1. The quantitative estimate of drug-likeness (QED) is 0.297. The topological polar surface area (TPSA) is 37.4 Å². The van der Waals surface area contributed by atoms with Crippen LogP contribution in [0.25, 0.3) is 0 Å². The van der Waals surface area contributed by atoms with E-state index in [2.05, 4.69) is 52.0 Å². The van der Waals surface area contributed by atoms with E-state index in [1.165, 1.54) is 49.0 Å². The molecule has 3 heteroatoms. The van der Waals surface area contributed by atoms with E-state index in [4.69, 9.17) is 0 Å². The van der Waals surface area contributed by atoms with Gasteiger partial charge in [0.2, 0.25) is 0 Å². The molecule has 0 radical (unpaired) electrons. The lowest BCUT2D eigenvalue weighted by Gasteiger charge is -2.52. The summed E-state index contributed by atoms with van der Waals surface area (Å²) in [4.78, 5) is 27.8. The highest BCUT2D eigenvalue weighted by molar-refractivity contribution is 6.13. The van der Waals surface area contributed by atoms with E-state index in [1.807, 2.05) is 0 Å². The highest BCUT2D eigenvalue weighted by atomic mass is 16.2. The summed E-state index contributed by atoms with van der Waals surface area (Å²) in [5.74, 6) is -0.261. The fraction of sp³-hybridized carbons (Fsp3) is 0.655. The Morgan fingerprint density at radius 1 is 0.719 bits per heavy atom. The molecule has 2 aliphatic rings. The molecular weight excluding hydrogens is 394 g/mol. The average Bonchev–Trinajstić information content (AvgIpc) is 3.25. The molecule has 3 nitrogen and oxygen atoms in total. The van der Waals surface area contributed by atoms with Crippen LogP contribution in [-0.4, -0.2) is 16.7 Å². The van der Waals surface area contributed by atoms with Crippen LogP contribution in [0, 0.1) is 5.41 Å². The second-order valence-corrected chi connectivity index (χ2v) is 10.0. The molecule has 1 aliphatic carbocycles. The first-order valence-electron chi connectivity index (χ1n) is 13.2. The van der Waals surface area contributed by atoms with E-state index >= 15 is 0 Å². The molecule has 2 amide bonds. The SMILES string of the molecule is CCCCC1(CCCC)c2ccccc2[C@@H](N2C(=O)C=CC2=O)C1(CCCC)CCCC. The van der Waals surface area contributed by atoms with Crippen LogP contribution in [0.1, 0.15) is 122 Å². The Bertz CT molecular complexity index is 790. The van der Waals surface area contributed by atoms with Gasteiger partial charge in [0.25, 0.3) is 11.8 Å². The monoisotopic (exact) mass is 437 g/mol. The molecule has 176 valence electrons. The Balaban J connectivity index is 2.30. The smallest absolute Gasteiger partial charge is 0.254 e. The van der Waals surface area contributed by atoms with Crippen LogP contribution in [0.4, 0.5) is 0 Å². The van der Waals surface area contributed by atoms with Crippen LogP contribution in [0.3, 0.4) is 0 Å². The number of amides is 2. The maximum atomic E-state index is 13.1. The zero-order chi connectivity index (χ0) is 23.2. The number of hydrogen-bond donors (Lipinski definition) is 0. The summed E-state index contributed by atoms with van der Waals surface area (Å²) in [5.41, 5.74) is 2.59. The third-order valence-electron chi connectivity index (χ3n) is 8.22. The number of benzene rings is 1. The van der Waals surface area contributed by atoms with Gasteiger partial charge in [-0.05, 0) is 36.8 Å². The average molecular weight is 438 g/mol. The number of nitrogens with zero attached hydrogens (tertiary/aromatic N) is 1. The van der Waals surface area contributed by atoms with Gasteiger partial charge in [-0.2, -0.15) is 0 Å². The van der Waals surface area contributed by atoms with Crippen molar-refractivity contribution < 1.29 is 9.59 Å². The molecule has 3 rings (SSSR count). The van der Waals surface area contributed by atoms with Crippen LogP contribution < -0.4 is 0 Å². The first kappa shape index (κ1) is 24.7. The molecule has 1 aromatic carbocycles. The van der Waals surface area contributed by atoms with Crippen molar-refractivity contribution in [1.82, 2.24) is 4.90 Å². The molecular formula is C29H43NO2. The number of unbranched alkanes of at least 4 members (excludes halogenated alkanes) is 4. The van der Waals surface area contributed by atoms with Gasteiger partial charge in [-0.25, -0.2) is 0 Å². The van der Waals surface area contributed by atoms with Gasteiger partial charge in [0.1, 0.15) is 0 Å². The Morgan fingerprint density at radius 2 is 1.19 bits per heavy atom. The van der Waals surface area contributed by atoms with E-state index in [-0.39, 0.29) is 28.7 Å². The predicted octanol–water partition coefficient (Wildman–Crippen LogP) is 7.65. The third kappa shape index (κ3) is 4.08. The van der Waals surface area contributed by atoms with E-state index < -0.39 is 0 Å². The maximum Gasteiger partial charge on any atom is 0.254 e. The number of fused-ring (bicyclic) bond motifs is 1. The lowest BCUT2D eigenvalue weighted by molar-refractivity contribution is -0.145. The fourth-order valence-electron chi connectivity index (χ4n) is 6.76. The molecule has 0 aromatic heterocycles. The minimum Gasteiger partial charge on any atom is -0.269 e. The van der Waals surface area contributed by atoms with E-state index in [9.17, 15) is 9.59 Å². The fourth-order valence-corrected chi connectivity index (χ4v) is 6.76. The van der Waals surface area contributed by atoms with E-state index in [0.717, 1.165) is 51.4 Å². The first-order chi connectivity index (χ1) is 15.5. The third-order valence-corrected chi connectivity index (χ3v) is 8.22. The van der Waals surface area contributed by atoms with Gasteiger partial charge in [-0.15, -0.1) is 0 Å². The van der Waals surface area contributed by atoms with Crippen LogP contribution >= 0.6 is 0 Å². The molecule has 0 fully saturated rings. The van der Waals surface area contributed by atoms with E-state index in [0.29, 0.717) is 0 Å². The van der Waals surface area contributed by atoms with Gasteiger partial charge in [0, 0.05) is 23.0 Å². The Morgan fingerprint density at radius 3 is 1.69 bits per heavy atom. The Kier molecular flexibility index (Phi) is 8.36. The number of imide groups is 1. The second kappa shape index (κ2) is 10.8. The number of carbonyl (C=O) groups is 2. The summed E-state index contributed by atoms with van der Waals surface area (Å²) in [5, 5.41) is 0. The van der Waals surface area contributed by atoms with E-state index in [1.54, 1.807) is 4.90 Å². The number of carbonyl (C=O) groups excluding carboxylic acids is 2. The standard InChI is InChI=1S/C29H43NO2/c1-5-9-19-28(20-10-6-2)24-16-14-13-15-23(24)27(30-25(31)17-18-26(30)32)29(28,21-11-7-3)22-12-8-4/h13-18,27H,5-12,19-22H2,1-4H3/t27-/m1/s1. The Hall–Kier alpha value is -1.90. The molecule has 0 saturated heterocycles. The summed E-state index contributed by atoms with van der Waals surface area (Å²) in [6.07, 6.45) is 16.7. The van der Waals surface area contributed by atoms with Crippen molar-refractivity contribution in [3.8, 4) is 0 Å². The minimum absolute atomic E-state index is 0.0216. The highest BCUT2D eigenvalue weighted by Gasteiger charge is 2.63. The molecule has 0 unspecified atom stereocenters. The molecule has 1 atom stereocenters. The lowest BCUT2D eigenvalue weighted by atomic mass is 9.54. The molecule has 0 bridgehead atoms. The molecule has 0 saturated carbocycles. The lowest BCUT2D eigenvalue weighted by Crippen LogP contribution is -2.50. The van der Waals surface area contributed by atoms with Crippen LogP contribution in [-0.2, 0) is 15.0 Å². The summed E-state index contributed by atoms with van der Waals surface area (Å²) < 4.78 is 0. The summed E-state index contributed by atoms with van der Waals surface area (Å²) in [7, 11) is 0. The Labute approximate surface area is 195 Å². The number of hydrogen-bond acceptors (Lipinski definition) is 2. The molecule has 0 N–H and O–H groups in total. The van der Waals surface area contributed by atoms with Gasteiger partial charge in [0.05, 0.1) is 6.04 Å². The summed E-state index contributed by atoms with van der Waals surface area (Å²) in [6, 6.07) is 8.66. The first-order valence-corrected chi connectivity index (χ1v) is 13.2. The predicted molar refractivity (Wildman–Crippen MR) is 132 cm³/mol. The van der Waals surface area contributed by atoms with Gasteiger partial charge < -0.3 is 0 Å². The van der Waals surface area contributed by atoms with Crippen molar-refractivity contribution in [2.24, 2.45) is 5.41 Å². The van der Waals surface area contributed by atoms with Crippen molar-refractivity contribution in [2.75, 3.05) is 0 Å². The minimum atomic E-state index is -0.152. The molecule has 1 heterocycles. The number of rotatable bonds is 13. The second-order valence-electron chi connectivity index (χ2n) is 10.0. The van der Waals surface area contributed by atoms with Crippen molar-refractivity contribution in [3.63, 3.8) is 0 Å². The van der Waals surface area contributed by atoms with Gasteiger partial charge in [-0.1, -0.05) is 103 Å². The molecule has 0 spiro atoms. The zero-order valence-electron chi connectivity index (χ0n) is 20.8. The van der Waals surface area contributed by atoms with Gasteiger partial charge in [-0.3, -0.25) is 14.5 Å². The van der Waals surface area contributed by atoms with Crippen LogP contribution in [0.2, 0.25) is 0 Å². The highest BCUT2D eigenvalue weighted by Crippen LogP contribution is 2.68. The van der Waals surface area contributed by atoms with Gasteiger partial charge >= 0.3 is 0 Å². The van der Waals surface area contributed by atoms with Crippen molar-refractivity contribution >= 4 is 11.8 Å². The van der Waals surface area contributed by atoms with Crippen molar-refractivity contribution in [2.45, 2.75) is 116 Å². The summed E-state index contributed by atoms with van der Waals surface area (Å²) in [6.45, 7) is 9.09. The zero-order valence-corrected chi connectivity index (χ0v) is 20.8.